The number of nitrogens with one attached hydrogen (secondary N) is 1. The van der Waals surface area contributed by atoms with Crippen molar-refractivity contribution >= 4 is 23.2 Å². The summed E-state index contributed by atoms with van der Waals surface area (Å²) in [4.78, 5) is 24.4. The first-order valence-electron chi connectivity index (χ1n) is 7.66. The highest BCUT2D eigenvalue weighted by molar-refractivity contribution is 7.08. The van der Waals surface area contributed by atoms with E-state index in [-0.39, 0.29) is 24.4 Å². The van der Waals surface area contributed by atoms with Crippen LogP contribution in [0.5, 0.6) is 5.75 Å². The fourth-order valence-corrected chi connectivity index (χ4v) is 2.84. The Bertz CT molecular complexity index is 665. The van der Waals surface area contributed by atoms with Crippen LogP contribution in [0.4, 0.5) is 0 Å². The van der Waals surface area contributed by atoms with E-state index in [1.54, 1.807) is 44.5 Å². The summed E-state index contributed by atoms with van der Waals surface area (Å²) in [6, 6.07) is 8.55. The summed E-state index contributed by atoms with van der Waals surface area (Å²) in [6.07, 6.45) is -0.123. The Balaban J connectivity index is 2.16. The van der Waals surface area contributed by atoms with Crippen molar-refractivity contribution in [2.24, 2.45) is 0 Å². The Labute approximate surface area is 145 Å². The molecular weight excluding hydrogens is 326 g/mol. The van der Waals surface area contributed by atoms with E-state index in [0.29, 0.717) is 11.3 Å². The minimum absolute atomic E-state index is 0.0698. The number of methoxy groups -OCH3 is 1. The van der Waals surface area contributed by atoms with E-state index in [2.05, 4.69) is 5.32 Å². The average molecular weight is 347 g/mol. The normalized spacial score (nSPS) is 11.8. The SMILES string of the molecule is COc1ccc([C@H](CC(=O)OC(C)C)NC(=O)c2ccsc2)cc1. The first-order chi connectivity index (χ1) is 11.5. The van der Waals surface area contributed by atoms with E-state index in [1.165, 1.54) is 11.3 Å². The van der Waals surface area contributed by atoms with Gasteiger partial charge >= 0.3 is 5.97 Å². The lowest BCUT2D eigenvalue weighted by Crippen LogP contribution is -2.30. The van der Waals surface area contributed by atoms with Crippen molar-refractivity contribution in [3.05, 3.63) is 52.2 Å². The quantitative estimate of drug-likeness (QED) is 0.778. The van der Waals surface area contributed by atoms with Crippen LogP contribution in [0.1, 0.15) is 42.2 Å². The summed E-state index contributed by atoms with van der Waals surface area (Å²) >= 11 is 1.45. The molecule has 1 heterocycles. The van der Waals surface area contributed by atoms with Crippen LogP contribution in [0, 0.1) is 0 Å². The molecule has 0 saturated carbocycles. The lowest BCUT2D eigenvalue weighted by molar-refractivity contribution is -0.147. The van der Waals surface area contributed by atoms with Gasteiger partial charge in [0, 0.05) is 5.38 Å². The molecule has 0 aliphatic heterocycles. The zero-order valence-electron chi connectivity index (χ0n) is 13.9. The molecule has 0 aliphatic rings. The zero-order valence-corrected chi connectivity index (χ0v) is 14.8. The monoisotopic (exact) mass is 347 g/mol. The van der Waals surface area contributed by atoms with E-state index in [4.69, 9.17) is 9.47 Å². The summed E-state index contributed by atoms with van der Waals surface area (Å²) < 4.78 is 10.4. The molecule has 24 heavy (non-hydrogen) atoms. The van der Waals surface area contributed by atoms with Gasteiger partial charge in [-0.15, -0.1) is 0 Å². The number of thiophene rings is 1. The van der Waals surface area contributed by atoms with E-state index >= 15 is 0 Å². The van der Waals surface area contributed by atoms with Gasteiger partial charge in [0.2, 0.25) is 0 Å². The highest BCUT2D eigenvalue weighted by Gasteiger charge is 2.21. The van der Waals surface area contributed by atoms with Crippen molar-refractivity contribution in [3.8, 4) is 5.75 Å². The fourth-order valence-electron chi connectivity index (χ4n) is 2.20. The van der Waals surface area contributed by atoms with Crippen molar-refractivity contribution in [2.75, 3.05) is 7.11 Å². The van der Waals surface area contributed by atoms with E-state index in [9.17, 15) is 9.59 Å². The van der Waals surface area contributed by atoms with Gasteiger partial charge in [-0.1, -0.05) is 12.1 Å². The van der Waals surface area contributed by atoms with Gasteiger partial charge in [0.05, 0.1) is 31.2 Å². The molecule has 0 radical (unpaired) electrons. The molecule has 0 unspecified atom stereocenters. The summed E-state index contributed by atoms with van der Waals surface area (Å²) in [5, 5.41) is 6.51. The molecule has 1 amide bonds. The zero-order chi connectivity index (χ0) is 17.5. The molecular formula is C18H21NO4S. The maximum Gasteiger partial charge on any atom is 0.308 e. The number of carbonyl (C=O) groups excluding carboxylic acids is 2. The Morgan fingerprint density at radius 3 is 2.42 bits per heavy atom. The molecule has 6 heteroatoms. The molecule has 1 aromatic carbocycles. The molecule has 0 saturated heterocycles. The maximum atomic E-state index is 12.3. The van der Waals surface area contributed by atoms with Crippen molar-refractivity contribution < 1.29 is 19.1 Å². The number of benzene rings is 1. The second kappa shape index (κ2) is 8.49. The van der Waals surface area contributed by atoms with E-state index < -0.39 is 6.04 Å². The van der Waals surface area contributed by atoms with Crippen molar-refractivity contribution in [1.29, 1.82) is 0 Å². The van der Waals surface area contributed by atoms with Crippen LogP contribution in [0.25, 0.3) is 0 Å². The number of carbonyl (C=O) groups is 2. The first-order valence-corrected chi connectivity index (χ1v) is 8.60. The molecule has 1 aromatic heterocycles. The second-order valence-electron chi connectivity index (χ2n) is 5.55. The van der Waals surface area contributed by atoms with Crippen LogP contribution in [0.3, 0.4) is 0 Å². The summed E-state index contributed by atoms with van der Waals surface area (Å²) in [6.45, 7) is 3.59. The highest BCUT2D eigenvalue weighted by atomic mass is 32.1. The first kappa shape index (κ1) is 18.0. The number of ether oxygens (including phenoxy) is 2. The number of hydrogen-bond donors (Lipinski definition) is 1. The molecule has 0 fully saturated rings. The summed E-state index contributed by atoms with van der Waals surface area (Å²) in [5.74, 6) is 0.150. The Morgan fingerprint density at radius 2 is 1.88 bits per heavy atom. The minimum Gasteiger partial charge on any atom is -0.497 e. The van der Waals surface area contributed by atoms with Crippen molar-refractivity contribution in [2.45, 2.75) is 32.4 Å². The van der Waals surface area contributed by atoms with Crippen LogP contribution in [0.15, 0.2) is 41.1 Å². The van der Waals surface area contributed by atoms with Gasteiger partial charge in [-0.25, -0.2) is 0 Å². The Morgan fingerprint density at radius 1 is 1.17 bits per heavy atom. The molecule has 1 N–H and O–H groups in total. The predicted octanol–water partition coefficient (Wildman–Crippen LogP) is 3.57. The number of amides is 1. The third kappa shape index (κ3) is 5.09. The second-order valence-corrected chi connectivity index (χ2v) is 6.33. The smallest absolute Gasteiger partial charge is 0.308 e. The Hall–Kier alpha value is -2.34. The van der Waals surface area contributed by atoms with E-state index in [0.717, 1.165) is 5.56 Å². The lowest BCUT2D eigenvalue weighted by Gasteiger charge is -2.19. The molecule has 0 spiro atoms. The Kier molecular flexibility index (Phi) is 6.37. The van der Waals surface area contributed by atoms with Gasteiger partial charge in [0.25, 0.3) is 5.91 Å². The van der Waals surface area contributed by atoms with Gasteiger partial charge in [-0.05, 0) is 43.0 Å². The van der Waals surface area contributed by atoms with Crippen LogP contribution in [-0.2, 0) is 9.53 Å². The standard InChI is InChI=1S/C18H21NO4S/c1-12(2)23-17(20)10-16(13-4-6-15(22-3)7-5-13)19-18(21)14-8-9-24-11-14/h4-9,11-12,16H,10H2,1-3H3,(H,19,21)/t16-/m0/s1. The highest BCUT2D eigenvalue weighted by Crippen LogP contribution is 2.22. The molecule has 2 aromatic rings. The van der Waals surface area contributed by atoms with Crippen LogP contribution in [0.2, 0.25) is 0 Å². The van der Waals surface area contributed by atoms with Crippen LogP contribution >= 0.6 is 11.3 Å². The third-order valence-electron chi connectivity index (χ3n) is 3.34. The average Bonchev–Trinajstić information content (AvgIpc) is 3.08. The minimum atomic E-state index is -0.463. The molecule has 5 nitrogen and oxygen atoms in total. The molecule has 128 valence electrons. The van der Waals surface area contributed by atoms with Gasteiger partial charge in [-0.2, -0.15) is 11.3 Å². The molecule has 1 atom stereocenters. The fraction of sp³-hybridized carbons (Fsp3) is 0.333. The van der Waals surface area contributed by atoms with Gasteiger partial charge in [0.15, 0.2) is 0 Å². The van der Waals surface area contributed by atoms with E-state index in [1.807, 2.05) is 17.5 Å². The maximum absolute atomic E-state index is 12.3. The summed E-state index contributed by atoms with van der Waals surface area (Å²) in [5.41, 5.74) is 1.40. The van der Waals surface area contributed by atoms with Crippen LogP contribution in [-0.4, -0.2) is 25.1 Å². The molecule has 2 rings (SSSR count). The van der Waals surface area contributed by atoms with Crippen molar-refractivity contribution in [3.63, 3.8) is 0 Å². The molecule has 0 aliphatic carbocycles. The topological polar surface area (TPSA) is 64.6 Å². The largest absolute Gasteiger partial charge is 0.497 e. The lowest BCUT2D eigenvalue weighted by atomic mass is 10.0. The van der Waals surface area contributed by atoms with Gasteiger partial charge in [-0.3, -0.25) is 9.59 Å². The number of esters is 1. The summed E-state index contributed by atoms with van der Waals surface area (Å²) in [7, 11) is 1.59. The molecule has 0 bridgehead atoms. The van der Waals surface area contributed by atoms with Crippen LogP contribution < -0.4 is 10.1 Å². The predicted molar refractivity (Wildman–Crippen MR) is 93.4 cm³/mol. The van der Waals surface area contributed by atoms with Gasteiger partial charge < -0.3 is 14.8 Å². The van der Waals surface area contributed by atoms with Crippen molar-refractivity contribution in [1.82, 2.24) is 5.32 Å². The number of rotatable bonds is 7. The number of hydrogen-bond acceptors (Lipinski definition) is 5. The third-order valence-corrected chi connectivity index (χ3v) is 4.03. The van der Waals surface area contributed by atoms with Gasteiger partial charge in [0.1, 0.15) is 5.75 Å².